The van der Waals surface area contributed by atoms with Crippen molar-refractivity contribution in [3.05, 3.63) is 35.9 Å². The van der Waals surface area contributed by atoms with E-state index in [4.69, 9.17) is 16.3 Å². The maximum absolute atomic E-state index is 13.1. The monoisotopic (exact) mass is 469 g/mol. The molecule has 0 aliphatic heterocycles. The Morgan fingerprint density at radius 2 is 1.71 bits per heavy atom. The lowest BCUT2D eigenvalue weighted by atomic mass is 9.67. The van der Waals surface area contributed by atoms with Gasteiger partial charge in [0, 0.05) is 12.3 Å². The van der Waals surface area contributed by atoms with Crippen LogP contribution in [0.3, 0.4) is 0 Å². The normalized spacial score (nSPS) is 35.1. The zero-order chi connectivity index (χ0) is 22.8. The summed E-state index contributed by atoms with van der Waals surface area (Å²) in [5.41, 5.74) is -1.46. The Balaban J connectivity index is 1.78. The molecule has 0 aromatic heterocycles. The second-order valence-electron chi connectivity index (χ2n) is 8.67. The van der Waals surface area contributed by atoms with E-state index in [9.17, 15) is 35.9 Å². The Labute approximate surface area is 178 Å². The van der Waals surface area contributed by atoms with Crippen LogP contribution < -0.4 is 5.32 Å². The summed E-state index contributed by atoms with van der Waals surface area (Å²) in [4.78, 5) is 22.6. The van der Waals surface area contributed by atoms with E-state index >= 15 is 0 Å². The van der Waals surface area contributed by atoms with Crippen LogP contribution in [0.1, 0.15) is 37.3 Å². The number of alkyl halides is 7. The topological polar surface area (TPSA) is 55.4 Å². The lowest BCUT2D eigenvalue weighted by molar-refractivity contribution is -0.224. The van der Waals surface area contributed by atoms with Crippen LogP contribution in [0.2, 0.25) is 0 Å². The van der Waals surface area contributed by atoms with Gasteiger partial charge in [-0.15, -0.1) is 11.6 Å². The Hall–Kier alpha value is -1.97. The first-order valence-electron chi connectivity index (χ1n) is 9.67. The summed E-state index contributed by atoms with van der Waals surface area (Å²) in [5.74, 6) is -6.30. The van der Waals surface area contributed by atoms with Crippen molar-refractivity contribution in [1.82, 2.24) is 5.32 Å². The largest absolute Gasteiger partial charge is 0.490 e. The number of esters is 1. The van der Waals surface area contributed by atoms with Crippen molar-refractivity contribution in [3.63, 3.8) is 0 Å². The lowest BCUT2D eigenvalue weighted by Crippen LogP contribution is -2.53. The highest BCUT2D eigenvalue weighted by Gasteiger charge is 2.73. The Morgan fingerprint density at radius 3 is 2.29 bits per heavy atom. The predicted octanol–water partition coefficient (Wildman–Crippen LogP) is 4.68. The third-order valence-corrected chi connectivity index (χ3v) is 7.31. The molecule has 0 heterocycles. The van der Waals surface area contributed by atoms with Crippen molar-refractivity contribution in [2.75, 3.05) is 0 Å². The lowest BCUT2D eigenvalue weighted by Gasteiger charge is -2.46. The number of hydrogen-bond acceptors (Lipinski definition) is 3. The Bertz CT molecular complexity index is 891. The van der Waals surface area contributed by atoms with E-state index in [1.165, 1.54) is 24.3 Å². The summed E-state index contributed by atoms with van der Waals surface area (Å²) in [6, 6.07) is 6.30. The van der Waals surface area contributed by atoms with Gasteiger partial charge >= 0.3 is 24.2 Å². The Morgan fingerprint density at radius 1 is 1.06 bits per heavy atom. The maximum atomic E-state index is 13.1. The molecule has 1 amide bonds. The highest BCUT2D eigenvalue weighted by Crippen LogP contribution is 2.71. The SMILES string of the molecule is O=C(N[C@H](c1ccccc1)[C@@H]1C2CC3C[C@]2(Cl)C[C@]1(OC(=O)C(F)(F)F)C3)C(F)(F)F. The molecule has 1 aromatic carbocycles. The summed E-state index contributed by atoms with van der Waals surface area (Å²) in [6.45, 7) is 0. The second kappa shape index (κ2) is 7.02. The molecule has 170 valence electrons. The van der Waals surface area contributed by atoms with Crippen LogP contribution in [-0.2, 0) is 14.3 Å². The molecular weight excluding hydrogens is 452 g/mol. The highest BCUT2D eigenvalue weighted by molar-refractivity contribution is 6.24. The van der Waals surface area contributed by atoms with Crippen LogP contribution in [0, 0.1) is 17.8 Å². The number of nitrogens with one attached hydrogen (secondary N) is 1. The number of ether oxygens (including phenoxy) is 1. The van der Waals surface area contributed by atoms with Crippen molar-refractivity contribution < 1.29 is 40.7 Å². The van der Waals surface area contributed by atoms with Gasteiger partial charge in [0.15, 0.2) is 0 Å². The van der Waals surface area contributed by atoms with E-state index in [1.807, 2.05) is 5.32 Å². The number of hydrogen-bond donors (Lipinski definition) is 1. The summed E-state index contributed by atoms with van der Waals surface area (Å²) >= 11 is 6.73. The van der Waals surface area contributed by atoms with Crippen LogP contribution >= 0.6 is 11.6 Å². The van der Waals surface area contributed by atoms with Crippen molar-refractivity contribution >= 4 is 23.5 Å². The maximum Gasteiger partial charge on any atom is 0.490 e. The highest BCUT2D eigenvalue weighted by atomic mass is 35.5. The van der Waals surface area contributed by atoms with E-state index in [0.717, 1.165) is 0 Å². The van der Waals surface area contributed by atoms with Gasteiger partial charge in [-0.1, -0.05) is 30.3 Å². The van der Waals surface area contributed by atoms with Crippen LogP contribution in [-0.4, -0.2) is 34.7 Å². The first-order chi connectivity index (χ1) is 14.3. The van der Waals surface area contributed by atoms with Crippen molar-refractivity contribution in [2.45, 2.75) is 54.6 Å². The molecular formula is C20H18ClF6NO3. The molecule has 4 saturated carbocycles. The zero-order valence-corrected chi connectivity index (χ0v) is 16.7. The molecule has 4 aliphatic rings. The zero-order valence-electron chi connectivity index (χ0n) is 15.9. The van der Waals surface area contributed by atoms with E-state index in [2.05, 4.69) is 0 Å². The summed E-state index contributed by atoms with van der Waals surface area (Å²) < 4.78 is 83.2. The molecule has 1 N–H and O–H groups in total. The summed E-state index contributed by atoms with van der Waals surface area (Å²) in [6.07, 6.45) is -9.58. The van der Waals surface area contributed by atoms with Crippen molar-refractivity contribution in [3.8, 4) is 0 Å². The quantitative estimate of drug-likeness (QED) is 0.396. The third-order valence-electron chi connectivity index (χ3n) is 6.74. The van der Waals surface area contributed by atoms with E-state index < -0.39 is 52.6 Å². The molecule has 31 heavy (non-hydrogen) atoms. The van der Waals surface area contributed by atoms with Gasteiger partial charge < -0.3 is 10.1 Å². The fourth-order valence-corrected chi connectivity index (χ4v) is 6.65. The number of benzene rings is 1. The number of rotatable bonds is 4. The van der Waals surface area contributed by atoms with Crippen LogP contribution in [0.25, 0.3) is 0 Å². The summed E-state index contributed by atoms with van der Waals surface area (Å²) in [5, 5.41) is 1.94. The number of carbonyl (C=O) groups excluding carboxylic acids is 2. The van der Waals surface area contributed by atoms with Gasteiger partial charge in [-0.05, 0) is 36.7 Å². The van der Waals surface area contributed by atoms with Gasteiger partial charge in [0.25, 0.3) is 0 Å². The summed E-state index contributed by atoms with van der Waals surface area (Å²) in [7, 11) is 0. The smallest absolute Gasteiger partial charge is 0.452 e. The van der Waals surface area contributed by atoms with Crippen molar-refractivity contribution in [2.24, 2.45) is 17.8 Å². The molecule has 4 fully saturated rings. The van der Waals surface area contributed by atoms with Gasteiger partial charge in [-0.3, -0.25) is 4.79 Å². The molecule has 6 atom stereocenters. The molecule has 11 heteroatoms. The van der Waals surface area contributed by atoms with Crippen LogP contribution in [0.15, 0.2) is 30.3 Å². The molecule has 4 aliphatic carbocycles. The standard InChI is InChI=1S/C20H18ClF6NO3/c21-17-7-10-6-12(17)13(18(8-10,9-17)31-16(30)20(25,26)27)14(11-4-2-1-3-5-11)28-15(29)19(22,23)24/h1-5,10,12-14H,6-9H2,(H,28,29)/t10?,12?,13-,14+,17-,18+/m0/s1. The molecule has 1 aromatic rings. The van der Waals surface area contributed by atoms with Gasteiger partial charge in [0.05, 0.1) is 10.9 Å². The molecule has 4 nitrogen and oxygen atoms in total. The molecule has 0 spiro atoms. The third kappa shape index (κ3) is 3.76. The molecule has 0 saturated heterocycles. The number of amides is 1. The first kappa shape index (κ1) is 22.2. The average molecular weight is 470 g/mol. The Kier molecular flexibility index (Phi) is 5.03. The van der Waals surface area contributed by atoms with Gasteiger partial charge in [0.2, 0.25) is 0 Å². The fourth-order valence-electron chi connectivity index (χ4n) is 5.98. The molecule has 0 radical (unpaired) electrons. The van der Waals surface area contributed by atoms with Gasteiger partial charge in [0.1, 0.15) is 5.60 Å². The first-order valence-corrected chi connectivity index (χ1v) is 10.0. The predicted molar refractivity (Wildman–Crippen MR) is 95.8 cm³/mol. The molecule has 2 unspecified atom stereocenters. The number of halogens is 7. The van der Waals surface area contributed by atoms with E-state index in [-0.39, 0.29) is 24.3 Å². The minimum absolute atomic E-state index is 0.0513. The number of carbonyl (C=O) groups is 2. The van der Waals surface area contributed by atoms with E-state index in [1.54, 1.807) is 6.07 Å². The van der Waals surface area contributed by atoms with Crippen molar-refractivity contribution in [1.29, 1.82) is 0 Å². The second-order valence-corrected chi connectivity index (χ2v) is 9.42. The van der Waals surface area contributed by atoms with Gasteiger partial charge in [-0.25, -0.2) is 4.79 Å². The van der Waals surface area contributed by atoms with Crippen LogP contribution in [0.5, 0.6) is 0 Å². The molecule has 5 rings (SSSR count). The average Bonchev–Trinajstić information content (AvgIpc) is 2.97. The minimum Gasteiger partial charge on any atom is -0.452 e. The van der Waals surface area contributed by atoms with Crippen LogP contribution in [0.4, 0.5) is 26.3 Å². The minimum atomic E-state index is -5.27. The van der Waals surface area contributed by atoms with E-state index in [0.29, 0.717) is 12.8 Å². The fraction of sp³-hybridized carbons (Fsp3) is 0.600. The molecule has 4 bridgehead atoms. The van der Waals surface area contributed by atoms with Gasteiger partial charge in [-0.2, -0.15) is 26.3 Å².